The number of methoxy groups -OCH3 is 1. The van der Waals surface area contributed by atoms with Crippen LogP contribution in [0.2, 0.25) is 5.02 Å². The van der Waals surface area contributed by atoms with Crippen LogP contribution in [0.1, 0.15) is 12.0 Å². The van der Waals surface area contributed by atoms with Crippen molar-refractivity contribution in [3.8, 4) is 5.75 Å². The predicted octanol–water partition coefficient (Wildman–Crippen LogP) is 4.09. The normalized spacial score (nSPS) is 15.4. The molecular weight excluding hydrogens is 350 g/mol. The number of rotatable bonds is 4. The summed E-state index contributed by atoms with van der Waals surface area (Å²) in [7, 11) is 1.63. The first-order valence-corrected chi connectivity index (χ1v) is 9.18. The molecule has 6 heteroatoms. The van der Waals surface area contributed by atoms with Gasteiger partial charge in [0.1, 0.15) is 5.75 Å². The summed E-state index contributed by atoms with van der Waals surface area (Å²) in [4.78, 5) is 16.8. The molecule has 1 aliphatic heterocycles. The summed E-state index contributed by atoms with van der Waals surface area (Å²) in [5, 5.41) is 3.72. The quantitative estimate of drug-likeness (QED) is 0.877. The predicted molar refractivity (Wildman–Crippen MR) is 105 cm³/mol. The second-order valence-electron chi connectivity index (χ2n) is 6.40. The van der Waals surface area contributed by atoms with E-state index in [4.69, 9.17) is 16.3 Å². The molecular formula is C20H24ClN3O2. The molecule has 1 heterocycles. The van der Waals surface area contributed by atoms with Gasteiger partial charge in [0.05, 0.1) is 7.11 Å². The molecule has 0 saturated carbocycles. The third-order valence-corrected chi connectivity index (χ3v) is 4.79. The van der Waals surface area contributed by atoms with Crippen LogP contribution in [-0.4, -0.2) is 49.1 Å². The third-order valence-electron chi connectivity index (χ3n) is 4.54. The largest absolute Gasteiger partial charge is 0.497 e. The molecule has 2 aromatic rings. The van der Waals surface area contributed by atoms with Gasteiger partial charge in [-0.3, -0.25) is 4.90 Å². The lowest BCUT2D eigenvalue weighted by Gasteiger charge is -2.22. The zero-order valence-electron chi connectivity index (χ0n) is 15.0. The fourth-order valence-electron chi connectivity index (χ4n) is 3.06. The Morgan fingerprint density at radius 3 is 2.46 bits per heavy atom. The van der Waals surface area contributed by atoms with Crippen molar-refractivity contribution in [3.05, 3.63) is 59.1 Å². The summed E-state index contributed by atoms with van der Waals surface area (Å²) < 4.78 is 5.14. The molecule has 0 aliphatic carbocycles. The lowest BCUT2D eigenvalue weighted by atomic mass is 10.2. The zero-order valence-corrected chi connectivity index (χ0v) is 15.7. The van der Waals surface area contributed by atoms with E-state index in [1.165, 1.54) is 5.56 Å². The summed E-state index contributed by atoms with van der Waals surface area (Å²) in [6.45, 7) is 4.20. The van der Waals surface area contributed by atoms with Crippen molar-refractivity contribution < 1.29 is 9.53 Å². The average Bonchev–Trinajstić information content (AvgIpc) is 2.90. The molecule has 3 rings (SSSR count). The molecule has 2 aromatic carbocycles. The van der Waals surface area contributed by atoms with Gasteiger partial charge in [-0.15, -0.1) is 0 Å². The molecule has 26 heavy (non-hydrogen) atoms. The molecule has 0 atom stereocenters. The molecule has 138 valence electrons. The SMILES string of the molecule is COc1ccc(NC(=O)N2CCCN(Cc3ccc(Cl)cc3)CC2)cc1. The summed E-state index contributed by atoms with van der Waals surface area (Å²) >= 11 is 5.95. The minimum absolute atomic E-state index is 0.0523. The van der Waals surface area contributed by atoms with Crippen LogP contribution in [0.5, 0.6) is 5.75 Å². The molecule has 2 amide bonds. The van der Waals surface area contributed by atoms with Crippen LogP contribution in [0.15, 0.2) is 48.5 Å². The first kappa shape index (κ1) is 18.5. The van der Waals surface area contributed by atoms with Crippen molar-refractivity contribution in [2.45, 2.75) is 13.0 Å². The van der Waals surface area contributed by atoms with Gasteiger partial charge in [0.2, 0.25) is 0 Å². The van der Waals surface area contributed by atoms with E-state index in [0.717, 1.165) is 55.6 Å². The molecule has 1 aliphatic rings. The van der Waals surface area contributed by atoms with E-state index < -0.39 is 0 Å². The van der Waals surface area contributed by atoms with E-state index >= 15 is 0 Å². The van der Waals surface area contributed by atoms with Crippen LogP contribution < -0.4 is 10.1 Å². The minimum atomic E-state index is -0.0523. The fourth-order valence-corrected chi connectivity index (χ4v) is 3.18. The molecule has 0 unspecified atom stereocenters. The smallest absolute Gasteiger partial charge is 0.321 e. The number of carbonyl (C=O) groups is 1. The average molecular weight is 374 g/mol. The number of benzene rings is 2. The topological polar surface area (TPSA) is 44.8 Å². The van der Waals surface area contributed by atoms with Crippen LogP contribution in [0, 0.1) is 0 Å². The lowest BCUT2D eigenvalue weighted by molar-refractivity contribution is 0.211. The Bertz CT molecular complexity index is 719. The van der Waals surface area contributed by atoms with Crippen LogP contribution in [0.4, 0.5) is 10.5 Å². The van der Waals surface area contributed by atoms with Gasteiger partial charge < -0.3 is 15.0 Å². The zero-order chi connectivity index (χ0) is 18.4. The number of nitrogens with one attached hydrogen (secondary N) is 1. The van der Waals surface area contributed by atoms with Crippen LogP contribution >= 0.6 is 11.6 Å². The first-order chi connectivity index (χ1) is 12.6. The van der Waals surface area contributed by atoms with Gasteiger partial charge >= 0.3 is 6.03 Å². The van der Waals surface area contributed by atoms with E-state index in [9.17, 15) is 4.79 Å². The second-order valence-corrected chi connectivity index (χ2v) is 6.84. The number of carbonyl (C=O) groups excluding carboxylic acids is 1. The maximum absolute atomic E-state index is 12.5. The number of anilines is 1. The van der Waals surface area contributed by atoms with Crippen molar-refractivity contribution in [2.75, 3.05) is 38.6 Å². The van der Waals surface area contributed by atoms with E-state index in [2.05, 4.69) is 22.3 Å². The van der Waals surface area contributed by atoms with Gasteiger partial charge in [0.25, 0.3) is 0 Å². The lowest BCUT2D eigenvalue weighted by Crippen LogP contribution is -2.38. The summed E-state index contributed by atoms with van der Waals surface area (Å²) in [5.41, 5.74) is 2.02. The minimum Gasteiger partial charge on any atom is -0.497 e. The molecule has 1 N–H and O–H groups in total. The highest BCUT2D eigenvalue weighted by Crippen LogP contribution is 2.17. The number of nitrogens with zero attached hydrogens (tertiary/aromatic N) is 2. The molecule has 1 saturated heterocycles. The van der Waals surface area contributed by atoms with Crippen molar-refractivity contribution in [1.29, 1.82) is 0 Å². The fraction of sp³-hybridized carbons (Fsp3) is 0.350. The van der Waals surface area contributed by atoms with Crippen molar-refractivity contribution in [3.63, 3.8) is 0 Å². The Kier molecular flexibility index (Phi) is 6.36. The van der Waals surface area contributed by atoms with Crippen LogP contribution in [-0.2, 0) is 6.54 Å². The number of ether oxygens (including phenoxy) is 1. The van der Waals surface area contributed by atoms with Gasteiger partial charge in [-0.25, -0.2) is 4.79 Å². The molecule has 1 fully saturated rings. The third kappa shape index (κ3) is 5.13. The van der Waals surface area contributed by atoms with Gasteiger partial charge in [-0.05, 0) is 48.4 Å². The number of amides is 2. The number of urea groups is 1. The Balaban J connectivity index is 1.52. The summed E-state index contributed by atoms with van der Waals surface area (Å²) in [6.07, 6.45) is 0.962. The first-order valence-electron chi connectivity index (χ1n) is 8.81. The molecule has 0 radical (unpaired) electrons. The van der Waals surface area contributed by atoms with Gasteiger partial charge in [-0.2, -0.15) is 0 Å². The van der Waals surface area contributed by atoms with Gasteiger partial charge in [0.15, 0.2) is 0 Å². The number of halogens is 1. The number of hydrogen-bond acceptors (Lipinski definition) is 3. The summed E-state index contributed by atoms with van der Waals surface area (Å²) in [6, 6.07) is 15.3. The highest BCUT2D eigenvalue weighted by atomic mass is 35.5. The Morgan fingerprint density at radius 1 is 1.04 bits per heavy atom. The number of hydrogen-bond donors (Lipinski definition) is 1. The van der Waals surface area contributed by atoms with Gasteiger partial charge in [0, 0.05) is 43.4 Å². The van der Waals surface area contributed by atoms with E-state index in [1.807, 2.05) is 41.3 Å². The van der Waals surface area contributed by atoms with Crippen molar-refractivity contribution >= 4 is 23.3 Å². The second kappa shape index (κ2) is 8.92. The Morgan fingerprint density at radius 2 is 1.77 bits per heavy atom. The molecule has 5 nitrogen and oxygen atoms in total. The van der Waals surface area contributed by atoms with Crippen LogP contribution in [0.25, 0.3) is 0 Å². The Hall–Kier alpha value is -2.24. The van der Waals surface area contributed by atoms with E-state index in [-0.39, 0.29) is 6.03 Å². The van der Waals surface area contributed by atoms with Crippen LogP contribution in [0.3, 0.4) is 0 Å². The van der Waals surface area contributed by atoms with Crippen molar-refractivity contribution in [2.24, 2.45) is 0 Å². The van der Waals surface area contributed by atoms with E-state index in [1.54, 1.807) is 7.11 Å². The molecule has 0 aromatic heterocycles. The molecule has 0 bridgehead atoms. The molecule has 0 spiro atoms. The Labute approximate surface area is 159 Å². The summed E-state index contributed by atoms with van der Waals surface area (Å²) in [5.74, 6) is 0.774. The standard InChI is InChI=1S/C20H24ClN3O2/c1-26-19-9-7-18(8-10-19)22-20(25)24-12-2-11-23(13-14-24)15-16-3-5-17(21)6-4-16/h3-10H,2,11-15H2,1H3,(H,22,25). The monoisotopic (exact) mass is 373 g/mol. The van der Waals surface area contributed by atoms with Crippen molar-refractivity contribution in [1.82, 2.24) is 9.80 Å². The highest BCUT2D eigenvalue weighted by molar-refractivity contribution is 6.30. The maximum atomic E-state index is 12.5. The van der Waals surface area contributed by atoms with E-state index in [0.29, 0.717) is 0 Å². The van der Waals surface area contributed by atoms with Gasteiger partial charge in [-0.1, -0.05) is 23.7 Å². The highest BCUT2D eigenvalue weighted by Gasteiger charge is 2.19. The maximum Gasteiger partial charge on any atom is 0.321 e.